The molecule has 3 rings (SSSR count). The van der Waals surface area contributed by atoms with E-state index in [0.717, 1.165) is 43.7 Å². The first-order chi connectivity index (χ1) is 13.5. The number of aryl methyl sites for hydroxylation is 2. The van der Waals surface area contributed by atoms with Gasteiger partial charge in [-0.05, 0) is 56.8 Å². The number of guanidine groups is 1. The molecule has 0 spiro atoms. The number of benzene rings is 1. The van der Waals surface area contributed by atoms with E-state index in [1.54, 1.807) is 11.3 Å². The fourth-order valence-corrected chi connectivity index (χ4v) is 4.40. The van der Waals surface area contributed by atoms with Crippen LogP contribution in [0.15, 0.2) is 34.6 Å². The predicted molar refractivity (Wildman–Crippen MR) is 119 cm³/mol. The number of likely N-dealkylation sites (tertiary alicyclic amines) is 1. The van der Waals surface area contributed by atoms with Crippen molar-refractivity contribution in [3.63, 3.8) is 0 Å². The minimum absolute atomic E-state index is 0.706. The molecule has 2 heterocycles. The summed E-state index contributed by atoms with van der Waals surface area (Å²) in [7, 11) is 3.98. The Morgan fingerprint density at radius 3 is 2.68 bits per heavy atom. The summed E-state index contributed by atoms with van der Waals surface area (Å²) in [5.41, 5.74) is 3.89. The third-order valence-corrected chi connectivity index (χ3v) is 6.37. The van der Waals surface area contributed by atoms with Crippen molar-refractivity contribution in [3.05, 3.63) is 51.5 Å². The molecule has 1 aromatic carbocycles. The minimum atomic E-state index is 0.706. The van der Waals surface area contributed by atoms with Crippen LogP contribution < -0.4 is 5.32 Å². The molecule has 152 valence electrons. The number of aliphatic imine (C=N–C) groups is 1. The van der Waals surface area contributed by atoms with Crippen LogP contribution in [0.2, 0.25) is 0 Å². The van der Waals surface area contributed by atoms with E-state index in [2.05, 4.69) is 75.6 Å². The molecule has 1 N–H and O–H groups in total. The van der Waals surface area contributed by atoms with Gasteiger partial charge < -0.3 is 10.2 Å². The summed E-state index contributed by atoms with van der Waals surface area (Å²) in [6, 6.07) is 8.56. The van der Waals surface area contributed by atoms with Gasteiger partial charge in [0.25, 0.3) is 0 Å². The zero-order valence-corrected chi connectivity index (χ0v) is 18.4. The lowest BCUT2D eigenvalue weighted by Gasteiger charge is -2.32. The van der Waals surface area contributed by atoms with Crippen LogP contribution in [-0.4, -0.2) is 54.5 Å². The Labute approximate surface area is 173 Å². The van der Waals surface area contributed by atoms with E-state index in [9.17, 15) is 0 Å². The number of nitrogens with one attached hydrogen (secondary N) is 1. The maximum atomic E-state index is 4.60. The summed E-state index contributed by atoms with van der Waals surface area (Å²) >= 11 is 1.75. The first-order valence-corrected chi connectivity index (χ1v) is 11.0. The second-order valence-corrected chi connectivity index (χ2v) is 8.85. The van der Waals surface area contributed by atoms with Crippen molar-refractivity contribution in [1.82, 2.24) is 20.1 Å². The smallest absolute Gasteiger partial charge is 0.193 e. The Balaban J connectivity index is 1.42. The summed E-state index contributed by atoms with van der Waals surface area (Å²) in [6.45, 7) is 9.41. The number of hydrogen-bond acceptors (Lipinski definition) is 4. The van der Waals surface area contributed by atoms with E-state index < -0.39 is 0 Å². The lowest BCUT2D eigenvalue weighted by atomic mass is 9.97. The first kappa shape index (κ1) is 20.8. The number of nitrogens with zero attached hydrogens (tertiary/aromatic N) is 4. The largest absolute Gasteiger partial charge is 0.356 e. The molecule has 6 heteroatoms. The number of hydrogen-bond donors (Lipinski definition) is 1. The maximum absolute atomic E-state index is 4.60. The van der Waals surface area contributed by atoms with Gasteiger partial charge in [-0.3, -0.25) is 9.89 Å². The van der Waals surface area contributed by atoms with E-state index in [1.165, 1.54) is 29.7 Å². The van der Waals surface area contributed by atoms with Crippen molar-refractivity contribution >= 4 is 17.3 Å². The van der Waals surface area contributed by atoms with Crippen LogP contribution in [0.3, 0.4) is 0 Å². The normalized spacial score (nSPS) is 16.4. The van der Waals surface area contributed by atoms with Crippen LogP contribution in [0.5, 0.6) is 0 Å². The molecule has 28 heavy (non-hydrogen) atoms. The van der Waals surface area contributed by atoms with Crippen LogP contribution in [0.1, 0.15) is 34.7 Å². The van der Waals surface area contributed by atoms with Crippen molar-refractivity contribution in [2.75, 3.05) is 33.7 Å². The molecule has 0 atom stereocenters. The van der Waals surface area contributed by atoms with Crippen molar-refractivity contribution in [2.24, 2.45) is 10.9 Å². The Bertz CT molecular complexity index is 777. The fraction of sp³-hybridized carbons (Fsp3) is 0.545. The van der Waals surface area contributed by atoms with Crippen LogP contribution in [0, 0.1) is 19.8 Å². The summed E-state index contributed by atoms with van der Waals surface area (Å²) in [5.74, 6) is 1.68. The van der Waals surface area contributed by atoms with Gasteiger partial charge in [0.15, 0.2) is 5.96 Å². The Kier molecular flexibility index (Phi) is 7.45. The Hall–Kier alpha value is -1.92. The highest BCUT2D eigenvalue weighted by Crippen LogP contribution is 2.19. The second kappa shape index (κ2) is 10.0. The van der Waals surface area contributed by atoms with Crippen LogP contribution in [-0.2, 0) is 13.1 Å². The minimum Gasteiger partial charge on any atom is -0.356 e. The fourth-order valence-electron chi connectivity index (χ4n) is 3.80. The Morgan fingerprint density at radius 2 is 2.04 bits per heavy atom. The molecule has 0 saturated carbocycles. The number of rotatable bonds is 6. The van der Waals surface area contributed by atoms with Crippen LogP contribution in [0.25, 0.3) is 0 Å². The quantitative estimate of drug-likeness (QED) is 0.594. The van der Waals surface area contributed by atoms with Gasteiger partial charge in [0.05, 0.1) is 10.7 Å². The van der Waals surface area contributed by atoms with Gasteiger partial charge in [0, 0.05) is 39.1 Å². The topological polar surface area (TPSA) is 43.8 Å². The maximum Gasteiger partial charge on any atom is 0.193 e. The molecule has 1 fully saturated rings. The molecule has 0 radical (unpaired) electrons. The molecule has 1 aliphatic rings. The monoisotopic (exact) mass is 399 g/mol. The highest BCUT2D eigenvalue weighted by atomic mass is 32.1. The summed E-state index contributed by atoms with van der Waals surface area (Å²) in [4.78, 5) is 13.8. The SMILES string of the molecule is CN=C(NCC1CCN(Cc2csc(C)n2)CC1)N(C)Cc1ccccc1C. The summed E-state index contributed by atoms with van der Waals surface area (Å²) in [6.07, 6.45) is 2.46. The standard InChI is InChI=1S/C22H33N5S/c1-17-7-5-6-8-20(17)14-26(4)22(23-3)24-13-19-9-11-27(12-10-19)15-21-16-28-18(2)25-21/h5-8,16,19H,9-15H2,1-4H3,(H,23,24). The van der Waals surface area contributed by atoms with E-state index in [-0.39, 0.29) is 0 Å². The predicted octanol–water partition coefficient (Wildman–Crippen LogP) is 3.68. The number of piperidine rings is 1. The average molecular weight is 400 g/mol. The van der Waals surface area contributed by atoms with Gasteiger partial charge in [-0.15, -0.1) is 11.3 Å². The molecule has 0 aliphatic carbocycles. The van der Waals surface area contributed by atoms with E-state index in [4.69, 9.17) is 0 Å². The van der Waals surface area contributed by atoms with Gasteiger partial charge in [-0.1, -0.05) is 24.3 Å². The zero-order valence-electron chi connectivity index (χ0n) is 17.6. The third kappa shape index (κ3) is 5.79. The molecule has 0 unspecified atom stereocenters. The third-order valence-electron chi connectivity index (χ3n) is 5.55. The van der Waals surface area contributed by atoms with Gasteiger partial charge in [0.2, 0.25) is 0 Å². The average Bonchev–Trinajstić information content (AvgIpc) is 3.10. The van der Waals surface area contributed by atoms with Crippen molar-refractivity contribution in [3.8, 4) is 0 Å². The van der Waals surface area contributed by atoms with Crippen LogP contribution >= 0.6 is 11.3 Å². The molecule has 5 nitrogen and oxygen atoms in total. The molecule has 1 aromatic heterocycles. The molecule has 0 bridgehead atoms. The first-order valence-electron chi connectivity index (χ1n) is 10.1. The lowest BCUT2D eigenvalue weighted by Crippen LogP contribution is -2.43. The van der Waals surface area contributed by atoms with Crippen molar-refractivity contribution < 1.29 is 0 Å². The molecule has 0 amide bonds. The number of aromatic nitrogens is 1. The molecular weight excluding hydrogens is 366 g/mol. The lowest BCUT2D eigenvalue weighted by molar-refractivity contribution is 0.176. The van der Waals surface area contributed by atoms with Gasteiger partial charge in [0.1, 0.15) is 0 Å². The Morgan fingerprint density at radius 1 is 1.29 bits per heavy atom. The zero-order chi connectivity index (χ0) is 19.9. The highest BCUT2D eigenvalue weighted by molar-refractivity contribution is 7.09. The number of thiazole rings is 1. The summed E-state index contributed by atoms with van der Waals surface area (Å²) in [5, 5.41) is 6.95. The molecule has 2 aromatic rings. The molecule has 1 saturated heterocycles. The van der Waals surface area contributed by atoms with E-state index in [1.807, 2.05) is 7.05 Å². The van der Waals surface area contributed by atoms with E-state index in [0.29, 0.717) is 5.92 Å². The van der Waals surface area contributed by atoms with Gasteiger partial charge in [-0.25, -0.2) is 4.98 Å². The highest BCUT2D eigenvalue weighted by Gasteiger charge is 2.20. The second-order valence-electron chi connectivity index (χ2n) is 7.79. The van der Waals surface area contributed by atoms with Crippen molar-refractivity contribution in [1.29, 1.82) is 0 Å². The van der Waals surface area contributed by atoms with Gasteiger partial charge in [-0.2, -0.15) is 0 Å². The molecular formula is C22H33N5S. The molecule has 1 aliphatic heterocycles. The van der Waals surface area contributed by atoms with E-state index >= 15 is 0 Å². The van der Waals surface area contributed by atoms with Crippen LogP contribution in [0.4, 0.5) is 0 Å². The summed E-state index contributed by atoms with van der Waals surface area (Å²) < 4.78 is 0. The van der Waals surface area contributed by atoms with Gasteiger partial charge >= 0.3 is 0 Å². The van der Waals surface area contributed by atoms with Crippen molar-refractivity contribution in [2.45, 2.75) is 39.8 Å².